The van der Waals surface area contributed by atoms with Crippen molar-refractivity contribution in [2.24, 2.45) is 5.73 Å². The molecular weight excluding hydrogens is 176 g/mol. The molecule has 0 amide bonds. The van der Waals surface area contributed by atoms with E-state index in [2.05, 4.69) is 4.74 Å². The van der Waals surface area contributed by atoms with Crippen LogP contribution in [-0.2, 0) is 4.74 Å². The molecule has 1 aromatic heterocycles. The Morgan fingerprint density at radius 1 is 1.75 bits per heavy atom. The summed E-state index contributed by atoms with van der Waals surface area (Å²) in [5.41, 5.74) is 5.76. The Balaban J connectivity index is 2.91. The summed E-state index contributed by atoms with van der Waals surface area (Å²) >= 11 is 1.22. The minimum absolute atomic E-state index is 0.0404. The van der Waals surface area contributed by atoms with Crippen molar-refractivity contribution >= 4 is 23.1 Å². The highest BCUT2D eigenvalue weighted by Crippen LogP contribution is 2.14. The van der Waals surface area contributed by atoms with Gasteiger partial charge in [-0.1, -0.05) is 0 Å². The van der Waals surface area contributed by atoms with E-state index in [4.69, 9.17) is 11.1 Å². The molecule has 0 spiro atoms. The molecule has 3 N–H and O–H groups in total. The zero-order chi connectivity index (χ0) is 9.14. The predicted molar refractivity (Wildman–Crippen MR) is 46.7 cm³/mol. The predicted octanol–water partition coefficient (Wildman–Crippen LogP) is 0.819. The highest BCUT2D eigenvalue weighted by Gasteiger charge is 2.09. The smallest absolute Gasteiger partial charge is 0.348 e. The van der Waals surface area contributed by atoms with Crippen LogP contribution in [0, 0.1) is 5.41 Å². The van der Waals surface area contributed by atoms with E-state index in [0.29, 0.717) is 10.4 Å². The maximum atomic E-state index is 10.9. The van der Waals surface area contributed by atoms with E-state index in [-0.39, 0.29) is 5.84 Å². The summed E-state index contributed by atoms with van der Waals surface area (Å²) in [6, 6.07) is 1.54. The highest BCUT2D eigenvalue weighted by molar-refractivity contribution is 7.12. The van der Waals surface area contributed by atoms with Gasteiger partial charge in [0.15, 0.2) is 0 Å². The zero-order valence-electron chi connectivity index (χ0n) is 6.46. The Labute approximate surface area is 73.5 Å². The monoisotopic (exact) mass is 184 g/mol. The number of carbonyl (C=O) groups is 1. The van der Waals surface area contributed by atoms with Crippen LogP contribution in [0.3, 0.4) is 0 Å². The molecule has 0 aliphatic heterocycles. The minimum Gasteiger partial charge on any atom is -0.465 e. The van der Waals surface area contributed by atoms with E-state index in [1.807, 2.05) is 0 Å². The van der Waals surface area contributed by atoms with Crippen molar-refractivity contribution in [3.63, 3.8) is 0 Å². The Hall–Kier alpha value is -1.36. The third-order valence-electron chi connectivity index (χ3n) is 1.30. The summed E-state index contributed by atoms with van der Waals surface area (Å²) in [5, 5.41) is 8.73. The largest absolute Gasteiger partial charge is 0.465 e. The van der Waals surface area contributed by atoms with Crippen molar-refractivity contribution < 1.29 is 9.53 Å². The van der Waals surface area contributed by atoms with E-state index in [9.17, 15) is 4.79 Å². The molecule has 0 bridgehead atoms. The lowest BCUT2D eigenvalue weighted by molar-refractivity contribution is 0.0606. The summed E-state index contributed by atoms with van der Waals surface area (Å²) in [4.78, 5) is 11.4. The topological polar surface area (TPSA) is 76.2 Å². The number of thiophene rings is 1. The van der Waals surface area contributed by atoms with Crippen LogP contribution >= 0.6 is 11.3 Å². The second kappa shape index (κ2) is 3.36. The number of carbonyl (C=O) groups excluding carboxylic acids is 1. The number of nitrogen functional groups attached to an aromatic ring is 1. The van der Waals surface area contributed by atoms with Crippen molar-refractivity contribution in [3.8, 4) is 0 Å². The van der Waals surface area contributed by atoms with Crippen LogP contribution in [0.4, 0.5) is 0 Å². The molecule has 1 heterocycles. The van der Waals surface area contributed by atoms with Gasteiger partial charge in [0.1, 0.15) is 10.7 Å². The molecule has 0 radical (unpaired) electrons. The molecule has 0 unspecified atom stereocenters. The van der Waals surface area contributed by atoms with Gasteiger partial charge >= 0.3 is 5.97 Å². The molecule has 0 saturated heterocycles. The average Bonchev–Trinajstić information content (AvgIpc) is 2.51. The lowest BCUT2D eigenvalue weighted by Gasteiger charge is -1.91. The molecule has 0 atom stereocenters. The molecule has 0 saturated carbocycles. The van der Waals surface area contributed by atoms with E-state index >= 15 is 0 Å². The van der Waals surface area contributed by atoms with Crippen LogP contribution < -0.4 is 5.73 Å². The van der Waals surface area contributed by atoms with Gasteiger partial charge in [-0.3, -0.25) is 5.41 Å². The third kappa shape index (κ3) is 1.62. The summed E-state index contributed by atoms with van der Waals surface area (Å²) in [7, 11) is 1.31. The Morgan fingerprint density at radius 2 is 2.42 bits per heavy atom. The van der Waals surface area contributed by atoms with Crippen LogP contribution in [0.1, 0.15) is 15.2 Å². The summed E-state index contributed by atoms with van der Waals surface area (Å²) in [6.45, 7) is 0. The molecule has 0 aromatic carbocycles. The Bertz CT molecular complexity index is 319. The van der Waals surface area contributed by atoms with Gasteiger partial charge in [0.05, 0.1) is 7.11 Å². The lowest BCUT2D eigenvalue weighted by Crippen LogP contribution is -2.09. The number of methoxy groups -OCH3 is 1. The Morgan fingerprint density at radius 3 is 2.83 bits per heavy atom. The lowest BCUT2D eigenvalue weighted by atomic mass is 10.3. The minimum atomic E-state index is -0.396. The van der Waals surface area contributed by atoms with Gasteiger partial charge in [-0.05, 0) is 6.07 Å². The number of ether oxygens (including phenoxy) is 1. The van der Waals surface area contributed by atoms with Gasteiger partial charge in [-0.2, -0.15) is 0 Å². The summed E-state index contributed by atoms with van der Waals surface area (Å²) < 4.78 is 4.49. The molecule has 4 nitrogen and oxygen atoms in total. The first-order valence-corrected chi connectivity index (χ1v) is 4.04. The number of nitrogens with two attached hydrogens (primary N) is 1. The average molecular weight is 184 g/mol. The first-order chi connectivity index (χ1) is 5.65. The molecule has 0 aliphatic carbocycles. The normalized spacial score (nSPS) is 9.42. The molecule has 12 heavy (non-hydrogen) atoms. The van der Waals surface area contributed by atoms with Gasteiger partial charge in [0, 0.05) is 10.9 Å². The standard InChI is InChI=1S/C7H8N2O2S/c1-11-7(10)5-2-4(3-12-5)6(8)9/h2-3H,1H3,(H3,8,9). The molecule has 1 rings (SSSR count). The molecular formula is C7H8N2O2S. The van der Waals surface area contributed by atoms with Crippen LogP contribution in [0.25, 0.3) is 0 Å². The van der Waals surface area contributed by atoms with Gasteiger partial charge in [-0.15, -0.1) is 11.3 Å². The molecule has 5 heteroatoms. The number of hydrogen-bond donors (Lipinski definition) is 2. The van der Waals surface area contributed by atoms with Gasteiger partial charge in [0.25, 0.3) is 0 Å². The fourth-order valence-corrected chi connectivity index (χ4v) is 1.51. The number of esters is 1. The van der Waals surface area contributed by atoms with E-state index < -0.39 is 5.97 Å². The fourth-order valence-electron chi connectivity index (χ4n) is 0.685. The van der Waals surface area contributed by atoms with Crippen molar-refractivity contribution in [2.45, 2.75) is 0 Å². The number of nitrogens with one attached hydrogen (secondary N) is 1. The van der Waals surface area contributed by atoms with E-state index in [0.717, 1.165) is 0 Å². The summed E-state index contributed by atoms with van der Waals surface area (Å²) in [6.07, 6.45) is 0. The Kier molecular flexibility index (Phi) is 2.44. The van der Waals surface area contributed by atoms with Gasteiger partial charge < -0.3 is 10.5 Å². The first kappa shape index (κ1) is 8.73. The number of hydrogen-bond acceptors (Lipinski definition) is 4. The second-order valence-electron chi connectivity index (χ2n) is 2.10. The van der Waals surface area contributed by atoms with E-state index in [1.165, 1.54) is 18.4 Å². The summed E-state index contributed by atoms with van der Waals surface area (Å²) in [5.74, 6) is -0.436. The molecule has 0 aliphatic rings. The van der Waals surface area contributed by atoms with Crippen molar-refractivity contribution in [3.05, 3.63) is 21.9 Å². The molecule has 1 aromatic rings. The van der Waals surface area contributed by atoms with Crippen molar-refractivity contribution in [2.75, 3.05) is 7.11 Å². The highest BCUT2D eigenvalue weighted by atomic mass is 32.1. The van der Waals surface area contributed by atoms with Gasteiger partial charge in [0.2, 0.25) is 0 Å². The molecule has 64 valence electrons. The van der Waals surface area contributed by atoms with E-state index in [1.54, 1.807) is 11.4 Å². The zero-order valence-corrected chi connectivity index (χ0v) is 7.27. The number of amidine groups is 1. The van der Waals surface area contributed by atoms with Crippen molar-refractivity contribution in [1.29, 1.82) is 5.41 Å². The first-order valence-electron chi connectivity index (χ1n) is 3.16. The SMILES string of the molecule is COC(=O)c1cc(C(=N)N)cs1. The molecule has 0 fully saturated rings. The van der Waals surface area contributed by atoms with Crippen LogP contribution in [-0.4, -0.2) is 18.9 Å². The maximum Gasteiger partial charge on any atom is 0.348 e. The van der Waals surface area contributed by atoms with Crippen LogP contribution in [0.15, 0.2) is 11.4 Å². The van der Waals surface area contributed by atoms with Gasteiger partial charge in [-0.25, -0.2) is 4.79 Å². The maximum absolute atomic E-state index is 10.9. The van der Waals surface area contributed by atoms with Crippen LogP contribution in [0.5, 0.6) is 0 Å². The number of rotatable bonds is 2. The second-order valence-corrected chi connectivity index (χ2v) is 3.02. The van der Waals surface area contributed by atoms with Crippen LogP contribution in [0.2, 0.25) is 0 Å². The quantitative estimate of drug-likeness (QED) is 0.406. The third-order valence-corrected chi connectivity index (χ3v) is 2.21. The van der Waals surface area contributed by atoms with Crippen molar-refractivity contribution in [1.82, 2.24) is 0 Å². The fraction of sp³-hybridized carbons (Fsp3) is 0.143.